The van der Waals surface area contributed by atoms with Crippen LogP contribution in [0.2, 0.25) is 0 Å². The summed E-state index contributed by atoms with van der Waals surface area (Å²) in [5.41, 5.74) is 1.87. The van der Waals surface area contributed by atoms with Gasteiger partial charge in [-0.05, 0) is 30.3 Å². The molecular weight excluding hydrogens is 348 g/mol. The topological polar surface area (TPSA) is 64.1 Å². The number of ether oxygens (including phenoxy) is 1. The SMILES string of the molecule is O=C(NCC#CCOc1ccc(F)cc1F)c1ccc2nsnc2c1. The highest BCUT2D eigenvalue weighted by atomic mass is 32.1. The molecule has 0 aliphatic rings. The molecule has 0 fully saturated rings. The first kappa shape index (κ1) is 16.8. The van der Waals surface area contributed by atoms with E-state index in [1.165, 1.54) is 6.07 Å². The molecule has 0 radical (unpaired) electrons. The van der Waals surface area contributed by atoms with E-state index in [9.17, 15) is 13.6 Å². The monoisotopic (exact) mass is 359 g/mol. The third-order valence-corrected chi connectivity index (χ3v) is 3.73. The smallest absolute Gasteiger partial charge is 0.252 e. The molecule has 5 nitrogen and oxygen atoms in total. The molecule has 0 aliphatic carbocycles. The Morgan fingerprint density at radius 2 is 1.96 bits per heavy atom. The van der Waals surface area contributed by atoms with Crippen LogP contribution < -0.4 is 10.1 Å². The number of carbonyl (C=O) groups excluding carboxylic acids is 1. The maximum atomic E-state index is 13.3. The fourth-order valence-electron chi connectivity index (χ4n) is 1.97. The first-order valence-corrected chi connectivity index (χ1v) is 7.90. The predicted molar refractivity (Wildman–Crippen MR) is 89.4 cm³/mol. The van der Waals surface area contributed by atoms with Gasteiger partial charge in [-0.2, -0.15) is 8.75 Å². The van der Waals surface area contributed by atoms with Gasteiger partial charge in [0.1, 0.15) is 23.5 Å². The summed E-state index contributed by atoms with van der Waals surface area (Å²) in [6.45, 7) is 0.0380. The van der Waals surface area contributed by atoms with Crippen LogP contribution in [0.4, 0.5) is 8.78 Å². The van der Waals surface area contributed by atoms with E-state index in [1.54, 1.807) is 18.2 Å². The summed E-state index contributed by atoms with van der Waals surface area (Å²) in [5, 5.41) is 2.64. The first-order valence-electron chi connectivity index (χ1n) is 7.17. The Balaban J connectivity index is 1.48. The largest absolute Gasteiger partial charge is 0.478 e. The van der Waals surface area contributed by atoms with Gasteiger partial charge in [0.15, 0.2) is 11.6 Å². The Kier molecular flexibility index (Phi) is 5.16. The zero-order chi connectivity index (χ0) is 17.6. The average molecular weight is 359 g/mol. The number of halogens is 2. The minimum Gasteiger partial charge on any atom is -0.478 e. The highest BCUT2D eigenvalue weighted by Gasteiger charge is 2.07. The maximum Gasteiger partial charge on any atom is 0.252 e. The molecule has 0 bridgehead atoms. The van der Waals surface area contributed by atoms with Crippen LogP contribution in [0, 0.1) is 23.5 Å². The highest BCUT2D eigenvalue weighted by Crippen LogP contribution is 2.17. The summed E-state index contributed by atoms with van der Waals surface area (Å²) in [6.07, 6.45) is 0. The molecule has 0 saturated heterocycles. The molecule has 2 aromatic carbocycles. The van der Waals surface area contributed by atoms with Crippen LogP contribution >= 0.6 is 11.7 Å². The molecule has 1 aromatic heterocycles. The lowest BCUT2D eigenvalue weighted by Crippen LogP contribution is -2.23. The number of amides is 1. The molecule has 3 aromatic rings. The van der Waals surface area contributed by atoms with Crippen molar-refractivity contribution >= 4 is 28.7 Å². The minimum absolute atomic E-state index is 0.0745. The van der Waals surface area contributed by atoms with E-state index >= 15 is 0 Å². The van der Waals surface area contributed by atoms with Gasteiger partial charge in [0, 0.05) is 11.6 Å². The zero-order valence-electron chi connectivity index (χ0n) is 12.8. The average Bonchev–Trinajstić information content (AvgIpc) is 3.07. The number of rotatable bonds is 4. The molecule has 0 spiro atoms. The van der Waals surface area contributed by atoms with Crippen molar-refractivity contribution in [3.63, 3.8) is 0 Å². The van der Waals surface area contributed by atoms with Gasteiger partial charge in [0.2, 0.25) is 0 Å². The predicted octanol–water partition coefficient (Wildman–Crippen LogP) is 2.78. The number of fused-ring (bicyclic) bond motifs is 1. The van der Waals surface area contributed by atoms with Crippen molar-refractivity contribution < 1.29 is 18.3 Å². The molecule has 1 heterocycles. The summed E-state index contributed by atoms with van der Waals surface area (Å²) in [4.78, 5) is 12.0. The van der Waals surface area contributed by atoms with Crippen LogP contribution in [0.15, 0.2) is 36.4 Å². The lowest BCUT2D eigenvalue weighted by Gasteiger charge is -2.03. The van der Waals surface area contributed by atoms with Gasteiger partial charge in [-0.1, -0.05) is 11.8 Å². The van der Waals surface area contributed by atoms with Crippen LogP contribution in [0.1, 0.15) is 10.4 Å². The van der Waals surface area contributed by atoms with Crippen molar-refractivity contribution in [1.29, 1.82) is 0 Å². The van der Waals surface area contributed by atoms with E-state index in [0.29, 0.717) is 11.1 Å². The summed E-state index contributed by atoms with van der Waals surface area (Å²) in [5.74, 6) is 3.50. The second-order valence-electron chi connectivity index (χ2n) is 4.87. The van der Waals surface area contributed by atoms with E-state index in [-0.39, 0.29) is 24.8 Å². The standard InChI is InChI=1S/C17H11F2N3O2S/c18-12-4-6-16(13(19)10-12)24-8-2-1-7-20-17(23)11-3-5-14-15(9-11)22-25-21-14/h3-6,9-10H,7-8H2,(H,20,23). The molecule has 0 unspecified atom stereocenters. The molecule has 0 saturated carbocycles. The van der Waals surface area contributed by atoms with Gasteiger partial charge in [-0.15, -0.1) is 0 Å². The Morgan fingerprint density at radius 3 is 2.80 bits per heavy atom. The molecule has 0 atom stereocenters. The minimum atomic E-state index is -0.790. The number of benzene rings is 2. The summed E-state index contributed by atoms with van der Waals surface area (Å²) in [6, 6.07) is 8.06. The van der Waals surface area contributed by atoms with Crippen LogP contribution in [-0.4, -0.2) is 27.8 Å². The van der Waals surface area contributed by atoms with Crippen LogP contribution in [0.5, 0.6) is 5.75 Å². The lowest BCUT2D eigenvalue weighted by atomic mass is 10.2. The Morgan fingerprint density at radius 1 is 1.12 bits per heavy atom. The van der Waals surface area contributed by atoms with Gasteiger partial charge in [-0.25, -0.2) is 8.78 Å². The summed E-state index contributed by atoms with van der Waals surface area (Å²) >= 11 is 1.08. The third kappa shape index (κ3) is 4.28. The van der Waals surface area contributed by atoms with Gasteiger partial charge in [-0.3, -0.25) is 4.79 Å². The number of carbonyl (C=O) groups is 1. The molecule has 8 heteroatoms. The Labute approximate surface area is 146 Å². The number of hydrogen-bond acceptors (Lipinski definition) is 5. The van der Waals surface area contributed by atoms with Crippen molar-refractivity contribution in [1.82, 2.24) is 14.1 Å². The van der Waals surface area contributed by atoms with Gasteiger partial charge in [0.05, 0.1) is 18.3 Å². The zero-order valence-corrected chi connectivity index (χ0v) is 13.6. The van der Waals surface area contributed by atoms with Crippen molar-refractivity contribution in [2.75, 3.05) is 13.2 Å². The summed E-state index contributed by atoms with van der Waals surface area (Å²) in [7, 11) is 0. The van der Waals surface area contributed by atoms with Gasteiger partial charge >= 0.3 is 0 Å². The number of hydrogen-bond donors (Lipinski definition) is 1. The number of nitrogens with zero attached hydrogens (tertiary/aromatic N) is 2. The van der Waals surface area contributed by atoms with E-state index in [2.05, 4.69) is 25.9 Å². The normalized spacial score (nSPS) is 10.2. The van der Waals surface area contributed by atoms with Gasteiger partial charge < -0.3 is 10.1 Å². The van der Waals surface area contributed by atoms with Gasteiger partial charge in [0.25, 0.3) is 5.91 Å². The van der Waals surface area contributed by atoms with E-state index in [0.717, 1.165) is 29.4 Å². The van der Waals surface area contributed by atoms with Crippen molar-refractivity contribution in [3.8, 4) is 17.6 Å². The van der Waals surface area contributed by atoms with Crippen LogP contribution in [0.25, 0.3) is 11.0 Å². The maximum absolute atomic E-state index is 13.3. The van der Waals surface area contributed by atoms with E-state index < -0.39 is 11.6 Å². The van der Waals surface area contributed by atoms with Crippen molar-refractivity contribution in [2.24, 2.45) is 0 Å². The van der Waals surface area contributed by atoms with Crippen molar-refractivity contribution in [3.05, 3.63) is 53.6 Å². The molecule has 3 rings (SSSR count). The van der Waals surface area contributed by atoms with E-state index in [1.807, 2.05) is 0 Å². The second-order valence-corrected chi connectivity index (χ2v) is 5.40. The van der Waals surface area contributed by atoms with Crippen molar-refractivity contribution in [2.45, 2.75) is 0 Å². The lowest BCUT2D eigenvalue weighted by molar-refractivity contribution is 0.0959. The Hall–Kier alpha value is -3.05. The highest BCUT2D eigenvalue weighted by molar-refractivity contribution is 7.00. The van der Waals surface area contributed by atoms with Crippen LogP contribution in [0.3, 0.4) is 0 Å². The number of aromatic nitrogens is 2. The molecule has 126 valence electrons. The molecule has 1 amide bonds. The Bertz CT molecular complexity index is 979. The first-order chi connectivity index (χ1) is 12.1. The quantitative estimate of drug-likeness (QED) is 0.728. The van der Waals surface area contributed by atoms with Crippen LogP contribution in [-0.2, 0) is 0 Å². The fraction of sp³-hybridized carbons (Fsp3) is 0.118. The molecular formula is C17H11F2N3O2S. The summed E-state index contributed by atoms with van der Waals surface area (Å²) < 4.78 is 39.3. The molecule has 25 heavy (non-hydrogen) atoms. The number of nitrogens with one attached hydrogen (secondary N) is 1. The molecule has 0 aliphatic heterocycles. The van der Waals surface area contributed by atoms with E-state index in [4.69, 9.17) is 4.74 Å². The second kappa shape index (κ2) is 7.68. The molecule has 1 N–H and O–H groups in total. The third-order valence-electron chi connectivity index (χ3n) is 3.17. The fourth-order valence-corrected chi connectivity index (χ4v) is 2.49.